The van der Waals surface area contributed by atoms with Crippen molar-refractivity contribution in [3.8, 4) is 11.1 Å². The fourth-order valence-corrected chi connectivity index (χ4v) is 4.10. The minimum absolute atomic E-state index is 0.114. The molecule has 0 radical (unpaired) electrons. The van der Waals surface area contributed by atoms with Crippen LogP contribution in [0.3, 0.4) is 0 Å². The minimum Gasteiger partial charge on any atom is -0.480 e. The predicted molar refractivity (Wildman–Crippen MR) is 74.0 cm³/mol. The van der Waals surface area contributed by atoms with Gasteiger partial charge in [-0.3, -0.25) is 4.79 Å². The number of sulfonamides is 1. The molecule has 0 unspecified atom stereocenters. The molecule has 22 heavy (non-hydrogen) atoms. The first-order valence-corrected chi connectivity index (χ1v) is 7.93. The Labute approximate surface area is 125 Å². The van der Waals surface area contributed by atoms with Crippen molar-refractivity contribution in [3.63, 3.8) is 0 Å². The molecule has 1 aromatic heterocycles. The van der Waals surface area contributed by atoms with Crippen molar-refractivity contribution in [3.05, 3.63) is 42.4 Å². The topological polar surface area (TPSA) is 87.8 Å². The third-order valence-electron chi connectivity index (χ3n) is 3.56. The molecule has 1 fully saturated rings. The second-order valence-corrected chi connectivity index (χ2v) is 6.68. The summed E-state index contributed by atoms with van der Waals surface area (Å²) in [6.07, 6.45) is 1.44. The minimum atomic E-state index is -4.08. The molecule has 1 atom stereocenters. The monoisotopic (exact) mass is 325 g/mol. The zero-order valence-corrected chi connectivity index (χ0v) is 12.1. The summed E-state index contributed by atoms with van der Waals surface area (Å²) in [5.74, 6) is -1.71. The largest absolute Gasteiger partial charge is 0.480 e. The van der Waals surface area contributed by atoms with E-state index in [0.29, 0.717) is 5.56 Å². The van der Waals surface area contributed by atoms with E-state index in [-0.39, 0.29) is 23.6 Å². The van der Waals surface area contributed by atoms with E-state index in [2.05, 4.69) is 0 Å². The van der Waals surface area contributed by atoms with Gasteiger partial charge in [-0.05, 0) is 30.2 Å². The number of benzene rings is 1. The summed E-state index contributed by atoms with van der Waals surface area (Å²) in [5.41, 5.74) is 0.551. The van der Waals surface area contributed by atoms with Crippen molar-refractivity contribution >= 4 is 16.0 Å². The third kappa shape index (κ3) is 2.30. The van der Waals surface area contributed by atoms with Crippen LogP contribution in [-0.4, -0.2) is 36.4 Å². The first kappa shape index (κ1) is 14.7. The summed E-state index contributed by atoms with van der Waals surface area (Å²) < 4.78 is 44.3. The smallest absolute Gasteiger partial charge is 0.322 e. The molecule has 8 heteroatoms. The van der Waals surface area contributed by atoms with Crippen LogP contribution in [0.5, 0.6) is 0 Å². The molecular weight excluding hydrogens is 313 g/mol. The summed E-state index contributed by atoms with van der Waals surface area (Å²) >= 11 is 0. The summed E-state index contributed by atoms with van der Waals surface area (Å²) in [4.78, 5) is 11.0. The molecule has 0 saturated carbocycles. The Morgan fingerprint density at radius 3 is 2.73 bits per heavy atom. The molecule has 1 aromatic carbocycles. The lowest BCUT2D eigenvalue weighted by Gasteiger charge is -2.35. The fourth-order valence-electron chi connectivity index (χ4n) is 2.37. The van der Waals surface area contributed by atoms with Gasteiger partial charge in [0.05, 0.1) is 6.26 Å². The van der Waals surface area contributed by atoms with E-state index in [4.69, 9.17) is 9.52 Å². The van der Waals surface area contributed by atoms with Crippen LogP contribution in [0.2, 0.25) is 0 Å². The van der Waals surface area contributed by atoms with Gasteiger partial charge >= 0.3 is 5.97 Å². The number of carbonyl (C=O) groups is 1. The first-order chi connectivity index (χ1) is 10.4. The number of hydrogen-bond donors (Lipinski definition) is 1. The highest BCUT2D eigenvalue weighted by atomic mass is 32.2. The van der Waals surface area contributed by atoms with Gasteiger partial charge in [0.15, 0.2) is 0 Å². The summed E-state index contributed by atoms with van der Waals surface area (Å²) in [6, 6.07) is 5.77. The molecular formula is C14H12FNO5S. The van der Waals surface area contributed by atoms with Crippen molar-refractivity contribution in [2.45, 2.75) is 17.6 Å². The molecule has 0 aliphatic carbocycles. The van der Waals surface area contributed by atoms with Gasteiger partial charge in [-0.2, -0.15) is 4.31 Å². The highest BCUT2D eigenvalue weighted by Crippen LogP contribution is 2.34. The lowest BCUT2D eigenvalue weighted by atomic mass is 10.1. The number of furan rings is 1. The van der Waals surface area contributed by atoms with Gasteiger partial charge in [0.1, 0.15) is 11.9 Å². The Hall–Kier alpha value is -2.19. The SMILES string of the molecule is O=C(O)[C@@H]1CCN1S(=O)(=O)c1occc1-c1cccc(F)c1. The average molecular weight is 325 g/mol. The number of carboxylic acid groups (broad SMARTS) is 1. The molecule has 0 spiro atoms. The van der Waals surface area contributed by atoms with E-state index in [1.807, 2.05) is 0 Å². The Morgan fingerprint density at radius 2 is 2.14 bits per heavy atom. The highest BCUT2D eigenvalue weighted by Gasteiger charge is 2.45. The van der Waals surface area contributed by atoms with Crippen molar-refractivity contribution < 1.29 is 27.1 Å². The van der Waals surface area contributed by atoms with Gasteiger partial charge in [0.25, 0.3) is 10.0 Å². The lowest BCUT2D eigenvalue weighted by Crippen LogP contribution is -2.54. The van der Waals surface area contributed by atoms with E-state index in [9.17, 15) is 17.6 Å². The van der Waals surface area contributed by atoms with E-state index in [0.717, 1.165) is 4.31 Å². The number of hydrogen-bond acceptors (Lipinski definition) is 4. The molecule has 3 rings (SSSR count). The number of halogens is 1. The van der Waals surface area contributed by atoms with E-state index < -0.39 is 27.9 Å². The molecule has 1 N–H and O–H groups in total. The molecule has 0 bridgehead atoms. The average Bonchev–Trinajstić information content (AvgIpc) is 2.85. The molecule has 2 aromatic rings. The van der Waals surface area contributed by atoms with Gasteiger partial charge in [-0.15, -0.1) is 0 Å². The Bertz CT molecular complexity index is 829. The van der Waals surface area contributed by atoms with Crippen LogP contribution in [0.4, 0.5) is 4.39 Å². The Balaban J connectivity index is 2.03. The van der Waals surface area contributed by atoms with Gasteiger partial charge < -0.3 is 9.52 Å². The predicted octanol–water partition coefficient (Wildman–Crippen LogP) is 1.93. The quantitative estimate of drug-likeness (QED) is 0.928. The lowest BCUT2D eigenvalue weighted by molar-refractivity contribution is -0.144. The van der Waals surface area contributed by atoms with Crippen molar-refractivity contribution in [1.29, 1.82) is 0 Å². The zero-order chi connectivity index (χ0) is 15.9. The van der Waals surface area contributed by atoms with Gasteiger partial charge in [-0.1, -0.05) is 12.1 Å². The molecule has 0 amide bonds. The second-order valence-electron chi connectivity index (χ2n) is 4.89. The van der Waals surface area contributed by atoms with Crippen LogP contribution in [-0.2, 0) is 14.8 Å². The third-order valence-corrected chi connectivity index (χ3v) is 5.40. The van der Waals surface area contributed by atoms with Gasteiger partial charge in [-0.25, -0.2) is 12.8 Å². The fraction of sp³-hybridized carbons (Fsp3) is 0.214. The van der Waals surface area contributed by atoms with E-state index in [1.165, 1.54) is 30.5 Å². The summed E-state index contributed by atoms with van der Waals surface area (Å²) in [7, 11) is -4.08. The number of nitrogens with zero attached hydrogens (tertiary/aromatic N) is 1. The number of aliphatic carboxylic acids is 1. The number of rotatable bonds is 4. The molecule has 116 valence electrons. The summed E-state index contributed by atoms with van der Waals surface area (Å²) in [6.45, 7) is 0.114. The van der Waals surface area contributed by atoms with Crippen LogP contribution in [0.25, 0.3) is 11.1 Å². The molecule has 6 nitrogen and oxygen atoms in total. The maximum atomic E-state index is 13.3. The zero-order valence-electron chi connectivity index (χ0n) is 11.3. The van der Waals surface area contributed by atoms with Gasteiger partial charge in [0, 0.05) is 12.1 Å². The Morgan fingerprint density at radius 1 is 1.36 bits per heavy atom. The van der Waals surface area contributed by atoms with Crippen molar-refractivity contribution in [1.82, 2.24) is 4.31 Å². The maximum absolute atomic E-state index is 13.3. The van der Waals surface area contributed by atoms with Gasteiger partial charge in [0.2, 0.25) is 5.09 Å². The van der Waals surface area contributed by atoms with Crippen LogP contribution in [0.1, 0.15) is 6.42 Å². The normalized spacial score (nSPS) is 18.9. The molecule has 2 heterocycles. The highest BCUT2D eigenvalue weighted by molar-refractivity contribution is 7.89. The standard InChI is InChI=1S/C14H12FNO5S/c15-10-3-1-2-9(8-10)11-5-7-21-14(11)22(19,20)16-6-4-12(16)13(17)18/h1-3,5,7-8,12H,4,6H2,(H,17,18)/t12-/m0/s1. The van der Waals surface area contributed by atoms with Crippen LogP contribution in [0.15, 0.2) is 46.1 Å². The number of carboxylic acids is 1. The van der Waals surface area contributed by atoms with Crippen LogP contribution < -0.4 is 0 Å². The van der Waals surface area contributed by atoms with Crippen molar-refractivity contribution in [2.24, 2.45) is 0 Å². The van der Waals surface area contributed by atoms with E-state index >= 15 is 0 Å². The Kier molecular flexibility index (Phi) is 3.50. The summed E-state index contributed by atoms with van der Waals surface area (Å²) in [5, 5.41) is 8.63. The first-order valence-electron chi connectivity index (χ1n) is 6.49. The maximum Gasteiger partial charge on any atom is 0.322 e. The second kappa shape index (κ2) is 5.22. The van der Waals surface area contributed by atoms with E-state index in [1.54, 1.807) is 6.07 Å². The molecule has 1 saturated heterocycles. The molecule has 1 aliphatic rings. The van der Waals surface area contributed by atoms with Crippen molar-refractivity contribution in [2.75, 3.05) is 6.54 Å². The molecule has 1 aliphatic heterocycles. The van der Waals surface area contributed by atoms with Crippen LogP contribution in [0, 0.1) is 5.82 Å². The van der Waals surface area contributed by atoms with Crippen LogP contribution >= 0.6 is 0 Å².